The van der Waals surface area contributed by atoms with E-state index in [9.17, 15) is 5.11 Å². The van der Waals surface area contributed by atoms with Gasteiger partial charge in [-0.15, -0.1) is 12.4 Å². The molecule has 3 heteroatoms. The average Bonchev–Trinajstić information content (AvgIpc) is 2.68. The van der Waals surface area contributed by atoms with Crippen LogP contribution >= 0.6 is 12.4 Å². The molecule has 3 aromatic carbocycles. The molecule has 0 radical (unpaired) electrons. The molecule has 2 N–H and O–H groups in total. The molecule has 0 fully saturated rings. The highest BCUT2D eigenvalue weighted by atomic mass is 35.5. The van der Waals surface area contributed by atoms with Gasteiger partial charge in [-0.2, -0.15) is 0 Å². The summed E-state index contributed by atoms with van der Waals surface area (Å²) in [6.07, 6.45) is 0.717. The monoisotopic (exact) mass is 353 g/mol. The van der Waals surface area contributed by atoms with Gasteiger partial charge in [0, 0.05) is 6.61 Å². The van der Waals surface area contributed by atoms with E-state index >= 15 is 0 Å². The molecule has 0 amide bonds. The zero-order valence-electron chi connectivity index (χ0n) is 14.1. The van der Waals surface area contributed by atoms with Crippen molar-refractivity contribution in [2.24, 2.45) is 0 Å². The molecule has 0 unspecified atom stereocenters. The minimum Gasteiger partial charge on any atom is -0.396 e. The SMILES string of the molecule is Cl.OCCCNC(c1ccccc1)(c1ccccc1)c1ccccc1. The van der Waals surface area contributed by atoms with Crippen LogP contribution in [0, 0.1) is 0 Å². The summed E-state index contributed by atoms with van der Waals surface area (Å²) >= 11 is 0. The number of hydrogen-bond donors (Lipinski definition) is 2. The number of benzene rings is 3. The molecule has 130 valence electrons. The van der Waals surface area contributed by atoms with E-state index in [4.69, 9.17) is 0 Å². The average molecular weight is 354 g/mol. The number of halogens is 1. The maximum absolute atomic E-state index is 9.23. The van der Waals surface area contributed by atoms with Crippen molar-refractivity contribution in [1.82, 2.24) is 5.32 Å². The summed E-state index contributed by atoms with van der Waals surface area (Å²) in [7, 11) is 0. The van der Waals surface area contributed by atoms with Crippen molar-refractivity contribution in [1.29, 1.82) is 0 Å². The quantitative estimate of drug-likeness (QED) is 0.488. The van der Waals surface area contributed by atoms with Crippen LogP contribution in [0.1, 0.15) is 23.1 Å². The lowest BCUT2D eigenvalue weighted by Crippen LogP contribution is -2.45. The highest BCUT2D eigenvalue weighted by Crippen LogP contribution is 2.36. The van der Waals surface area contributed by atoms with Gasteiger partial charge in [0.05, 0.1) is 5.54 Å². The Hall–Kier alpha value is -2.13. The first-order chi connectivity index (χ1) is 11.9. The number of hydrogen-bond acceptors (Lipinski definition) is 2. The van der Waals surface area contributed by atoms with Crippen molar-refractivity contribution >= 4 is 12.4 Å². The minimum atomic E-state index is -0.432. The van der Waals surface area contributed by atoms with E-state index in [0.29, 0.717) is 6.42 Å². The second-order valence-electron chi connectivity index (χ2n) is 5.85. The van der Waals surface area contributed by atoms with Gasteiger partial charge in [-0.25, -0.2) is 0 Å². The number of aliphatic hydroxyl groups is 1. The van der Waals surface area contributed by atoms with Crippen LogP contribution < -0.4 is 5.32 Å². The Labute approximate surface area is 156 Å². The van der Waals surface area contributed by atoms with Crippen LogP contribution in [0.2, 0.25) is 0 Å². The predicted octanol–water partition coefficient (Wildman–Crippen LogP) is 4.37. The molecule has 0 spiro atoms. The molecule has 0 heterocycles. The first-order valence-electron chi connectivity index (χ1n) is 8.40. The molecule has 0 saturated heterocycles. The topological polar surface area (TPSA) is 32.3 Å². The summed E-state index contributed by atoms with van der Waals surface area (Å²) in [5.41, 5.74) is 3.15. The van der Waals surface area contributed by atoms with E-state index in [0.717, 1.165) is 6.54 Å². The Bertz CT molecular complexity index is 635. The van der Waals surface area contributed by atoms with Gasteiger partial charge in [0.2, 0.25) is 0 Å². The lowest BCUT2D eigenvalue weighted by atomic mass is 9.77. The van der Waals surface area contributed by atoms with Crippen molar-refractivity contribution < 1.29 is 5.11 Å². The fourth-order valence-corrected chi connectivity index (χ4v) is 3.23. The van der Waals surface area contributed by atoms with Crippen molar-refractivity contribution in [3.05, 3.63) is 108 Å². The lowest BCUT2D eigenvalue weighted by molar-refractivity contribution is 0.280. The normalized spacial score (nSPS) is 10.9. The number of nitrogens with one attached hydrogen (secondary N) is 1. The van der Waals surface area contributed by atoms with Gasteiger partial charge in [-0.1, -0.05) is 91.0 Å². The van der Waals surface area contributed by atoms with Gasteiger partial charge in [0.25, 0.3) is 0 Å². The first-order valence-corrected chi connectivity index (χ1v) is 8.40. The molecular formula is C22H24ClNO. The van der Waals surface area contributed by atoms with Gasteiger partial charge in [0.1, 0.15) is 0 Å². The third-order valence-electron chi connectivity index (χ3n) is 4.35. The highest BCUT2D eigenvalue weighted by Gasteiger charge is 2.35. The molecule has 0 aromatic heterocycles. The van der Waals surface area contributed by atoms with Crippen LogP contribution in [0.3, 0.4) is 0 Å². The van der Waals surface area contributed by atoms with Gasteiger partial charge in [-0.05, 0) is 29.7 Å². The van der Waals surface area contributed by atoms with Gasteiger partial charge >= 0.3 is 0 Å². The van der Waals surface area contributed by atoms with Crippen LogP contribution in [-0.4, -0.2) is 18.3 Å². The van der Waals surface area contributed by atoms with E-state index in [-0.39, 0.29) is 19.0 Å². The molecule has 0 aliphatic rings. The van der Waals surface area contributed by atoms with Crippen LogP contribution in [0.15, 0.2) is 91.0 Å². The minimum absolute atomic E-state index is 0. The van der Waals surface area contributed by atoms with Crippen LogP contribution in [-0.2, 0) is 5.54 Å². The summed E-state index contributed by atoms with van der Waals surface area (Å²) < 4.78 is 0. The van der Waals surface area contributed by atoms with E-state index < -0.39 is 5.54 Å². The molecular weight excluding hydrogens is 330 g/mol. The van der Waals surface area contributed by atoms with E-state index in [2.05, 4.69) is 78.1 Å². The van der Waals surface area contributed by atoms with Crippen molar-refractivity contribution in [2.75, 3.05) is 13.2 Å². The van der Waals surface area contributed by atoms with Crippen molar-refractivity contribution in [3.8, 4) is 0 Å². The fourth-order valence-electron chi connectivity index (χ4n) is 3.23. The predicted molar refractivity (Wildman–Crippen MR) is 106 cm³/mol. The summed E-state index contributed by atoms with van der Waals surface area (Å²) in [6, 6.07) is 31.5. The van der Waals surface area contributed by atoms with E-state index in [1.165, 1.54) is 16.7 Å². The molecule has 0 saturated carbocycles. The summed E-state index contributed by atoms with van der Waals surface area (Å²) in [5.74, 6) is 0. The van der Waals surface area contributed by atoms with Gasteiger partial charge in [0.15, 0.2) is 0 Å². The molecule has 0 aliphatic carbocycles. The first kappa shape index (κ1) is 19.2. The second-order valence-corrected chi connectivity index (χ2v) is 5.85. The number of rotatable bonds is 7. The summed E-state index contributed by atoms with van der Waals surface area (Å²) in [5, 5.41) is 13.0. The standard InChI is InChI=1S/C22H23NO.ClH/c24-18-10-17-23-22(19-11-4-1-5-12-19,20-13-6-2-7-14-20)21-15-8-3-9-16-21;/h1-9,11-16,23-24H,10,17-18H2;1H. The van der Waals surface area contributed by atoms with Gasteiger partial charge < -0.3 is 5.11 Å². The molecule has 0 aliphatic heterocycles. The molecule has 25 heavy (non-hydrogen) atoms. The molecule has 3 rings (SSSR count). The number of aliphatic hydroxyl groups excluding tert-OH is 1. The Morgan fingerprint density at radius 3 is 1.32 bits per heavy atom. The Morgan fingerprint density at radius 2 is 1.00 bits per heavy atom. The van der Waals surface area contributed by atoms with Crippen molar-refractivity contribution in [3.63, 3.8) is 0 Å². The largest absolute Gasteiger partial charge is 0.396 e. The summed E-state index contributed by atoms with van der Waals surface area (Å²) in [6.45, 7) is 0.913. The zero-order chi connectivity index (χ0) is 16.7. The maximum Gasteiger partial charge on any atom is 0.0947 e. The summed E-state index contributed by atoms with van der Waals surface area (Å²) in [4.78, 5) is 0. The van der Waals surface area contributed by atoms with Crippen LogP contribution in [0.5, 0.6) is 0 Å². The van der Waals surface area contributed by atoms with E-state index in [1.807, 2.05) is 18.2 Å². The zero-order valence-corrected chi connectivity index (χ0v) is 15.0. The Kier molecular flexibility index (Phi) is 7.20. The van der Waals surface area contributed by atoms with Crippen LogP contribution in [0.25, 0.3) is 0 Å². The smallest absolute Gasteiger partial charge is 0.0947 e. The second kappa shape index (κ2) is 9.38. The fraction of sp³-hybridized carbons (Fsp3) is 0.182. The molecule has 2 nitrogen and oxygen atoms in total. The highest BCUT2D eigenvalue weighted by molar-refractivity contribution is 5.85. The molecule has 0 atom stereocenters. The van der Waals surface area contributed by atoms with Crippen LogP contribution in [0.4, 0.5) is 0 Å². The molecule has 3 aromatic rings. The maximum atomic E-state index is 9.23. The third kappa shape index (κ3) is 4.10. The lowest BCUT2D eigenvalue weighted by Gasteiger charge is -2.37. The van der Waals surface area contributed by atoms with Gasteiger partial charge in [-0.3, -0.25) is 5.32 Å². The molecule has 0 bridgehead atoms. The Balaban J connectivity index is 0.00000225. The Morgan fingerprint density at radius 1 is 0.640 bits per heavy atom. The van der Waals surface area contributed by atoms with Crippen molar-refractivity contribution in [2.45, 2.75) is 12.0 Å². The third-order valence-corrected chi connectivity index (χ3v) is 4.35. The van der Waals surface area contributed by atoms with E-state index in [1.54, 1.807) is 0 Å².